The number of carbonyl (C=O) groups excluding carboxylic acids is 1. The molecule has 0 spiro atoms. The van der Waals surface area contributed by atoms with Gasteiger partial charge in [0.05, 0.1) is 17.2 Å². The fourth-order valence-electron chi connectivity index (χ4n) is 3.05. The van der Waals surface area contributed by atoms with E-state index in [1.54, 1.807) is 4.68 Å². The largest absolute Gasteiger partial charge is 0.598 e. The van der Waals surface area contributed by atoms with Gasteiger partial charge in [-0.1, -0.05) is 24.3 Å². The van der Waals surface area contributed by atoms with E-state index in [4.69, 9.17) is 9.84 Å². The van der Waals surface area contributed by atoms with E-state index >= 15 is 0 Å². The molecule has 3 aromatic rings. The molecule has 172 valence electrons. The second kappa shape index (κ2) is 9.13. The lowest BCUT2D eigenvalue weighted by atomic mass is 10.1. The number of hydrogen-bond donors (Lipinski definition) is 2. The molecule has 1 amide bonds. The van der Waals surface area contributed by atoms with Crippen LogP contribution in [0.15, 0.2) is 48.5 Å². The van der Waals surface area contributed by atoms with Crippen LogP contribution in [0.25, 0.3) is 16.6 Å². The van der Waals surface area contributed by atoms with Gasteiger partial charge in [0.15, 0.2) is 0 Å². The zero-order valence-electron chi connectivity index (χ0n) is 19.7. The highest BCUT2D eigenvalue weighted by atomic mass is 32.2. The Morgan fingerprint density at radius 2 is 1.75 bits per heavy atom. The summed E-state index contributed by atoms with van der Waals surface area (Å²) in [6, 6.07) is 15.3. The Morgan fingerprint density at radius 1 is 1.09 bits per heavy atom. The third-order valence-corrected chi connectivity index (χ3v) is 6.34. The molecule has 0 radical (unpaired) electrons. The molecule has 0 aliphatic carbocycles. The van der Waals surface area contributed by atoms with Crippen LogP contribution in [0.4, 0.5) is 10.6 Å². The summed E-state index contributed by atoms with van der Waals surface area (Å²) >= 11 is -1.20. The molecule has 1 heterocycles. The Kier molecular flexibility index (Phi) is 6.88. The summed E-state index contributed by atoms with van der Waals surface area (Å²) in [5.41, 5.74) is 1.87. The maximum absolute atomic E-state index is 12.5. The van der Waals surface area contributed by atoms with Gasteiger partial charge in [0.25, 0.3) is 0 Å². The zero-order chi connectivity index (χ0) is 23.7. The summed E-state index contributed by atoms with van der Waals surface area (Å²) in [6.45, 7) is 13.2. The molecular weight excluding hydrogens is 424 g/mol. The molecule has 0 aliphatic rings. The lowest BCUT2D eigenvalue weighted by Crippen LogP contribution is -2.40. The molecule has 3 rings (SSSR count). The molecule has 0 saturated carbocycles. The van der Waals surface area contributed by atoms with Crippen molar-refractivity contribution in [2.45, 2.75) is 64.9 Å². The van der Waals surface area contributed by atoms with Crippen LogP contribution in [0.3, 0.4) is 0 Å². The molecule has 2 atom stereocenters. The zero-order valence-corrected chi connectivity index (χ0v) is 20.5. The van der Waals surface area contributed by atoms with E-state index in [9.17, 15) is 9.35 Å². The monoisotopic (exact) mass is 456 g/mol. The minimum atomic E-state index is -1.20. The van der Waals surface area contributed by atoms with Crippen molar-refractivity contribution < 1.29 is 14.1 Å². The third kappa shape index (κ3) is 5.82. The summed E-state index contributed by atoms with van der Waals surface area (Å²) in [5, 5.41) is 8.40. The lowest BCUT2D eigenvalue weighted by molar-refractivity contribution is 0.0635. The SMILES string of the molecule is CC(N[S+]([O-])C(C)(C)C)c1ccc2c(NC(=O)OC(C)(C)C)n(-c3ccccc3)nc2c1. The fourth-order valence-corrected chi connectivity index (χ4v) is 3.87. The van der Waals surface area contributed by atoms with Crippen molar-refractivity contribution >= 4 is 34.2 Å². The van der Waals surface area contributed by atoms with E-state index in [0.29, 0.717) is 11.3 Å². The Balaban J connectivity index is 2.00. The van der Waals surface area contributed by atoms with Gasteiger partial charge in [0.1, 0.15) is 16.2 Å². The van der Waals surface area contributed by atoms with Crippen molar-refractivity contribution in [2.24, 2.45) is 0 Å². The summed E-state index contributed by atoms with van der Waals surface area (Å²) in [5.74, 6) is 0.533. The van der Waals surface area contributed by atoms with Gasteiger partial charge in [0.2, 0.25) is 0 Å². The van der Waals surface area contributed by atoms with Gasteiger partial charge in [0, 0.05) is 16.7 Å². The number of anilines is 1. The Morgan fingerprint density at radius 3 is 2.34 bits per heavy atom. The number of hydrogen-bond acceptors (Lipinski definition) is 5. The highest BCUT2D eigenvalue weighted by molar-refractivity contribution is 7.90. The number of nitrogens with one attached hydrogen (secondary N) is 2. The van der Waals surface area contributed by atoms with E-state index < -0.39 is 23.1 Å². The Bertz CT molecular complexity index is 1080. The van der Waals surface area contributed by atoms with Gasteiger partial charge < -0.3 is 9.29 Å². The smallest absolute Gasteiger partial charge is 0.413 e. The average Bonchev–Trinajstić information content (AvgIpc) is 3.04. The standard InChI is InChI=1S/C24H32N4O3S/c1-16(27-32(30)24(5,6)7)17-13-14-19-20(15-17)26-28(18-11-9-8-10-12-18)21(19)25-22(29)31-23(2,3)4/h8-16,27H,1-7H3,(H,25,29). The first kappa shape index (κ1) is 24.1. The van der Waals surface area contributed by atoms with Crippen LogP contribution in [0.1, 0.15) is 60.1 Å². The molecule has 0 fully saturated rings. The fraction of sp³-hybridized carbons (Fsp3) is 0.417. The van der Waals surface area contributed by atoms with Crippen LogP contribution in [-0.2, 0) is 16.1 Å². The molecule has 7 nitrogen and oxygen atoms in total. The maximum atomic E-state index is 12.5. The van der Waals surface area contributed by atoms with Crippen molar-refractivity contribution in [3.8, 4) is 5.69 Å². The van der Waals surface area contributed by atoms with Crippen molar-refractivity contribution in [2.75, 3.05) is 5.32 Å². The quantitative estimate of drug-likeness (QED) is 0.496. The number of benzene rings is 2. The Labute approximate surface area is 192 Å². The highest BCUT2D eigenvalue weighted by Crippen LogP contribution is 2.30. The van der Waals surface area contributed by atoms with E-state index in [2.05, 4.69) is 10.0 Å². The number of para-hydroxylation sites is 1. The second-order valence-corrected chi connectivity index (χ2v) is 11.7. The highest BCUT2D eigenvalue weighted by Gasteiger charge is 2.28. The number of fused-ring (bicyclic) bond motifs is 1. The minimum Gasteiger partial charge on any atom is -0.598 e. The molecule has 2 aromatic carbocycles. The molecule has 1 aromatic heterocycles. The average molecular weight is 457 g/mol. The topological polar surface area (TPSA) is 91.2 Å². The van der Waals surface area contributed by atoms with Gasteiger partial charge in [-0.25, -0.2) is 9.48 Å². The summed E-state index contributed by atoms with van der Waals surface area (Å²) < 4.78 is 22.5. The predicted molar refractivity (Wildman–Crippen MR) is 130 cm³/mol. The first-order chi connectivity index (χ1) is 14.8. The van der Waals surface area contributed by atoms with Gasteiger partial charge >= 0.3 is 6.09 Å². The van der Waals surface area contributed by atoms with Crippen LogP contribution < -0.4 is 10.0 Å². The van der Waals surface area contributed by atoms with E-state index in [-0.39, 0.29) is 10.8 Å². The molecule has 2 unspecified atom stereocenters. The van der Waals surface area contributed by atoms with E-state index in [0.717, 1.165) is 16.6 Å². The number of aromatic nitrogens is 2. The van der Waals surface area contributed by atoms with Crippen molar-refractivity contribution in [1.29, 1.82) is 0 Å². The second-order valence-electron chi connectivity index (χ2n) is 9.72. The number of nitrogens with zero attached hydrogens (tertiary/aromatic N) is 2. The molecule has 0 saturated heterocycles. The maximum Gasteiger partial charge on any atom is 0.413 e. The van der Waals surface area contributed by atoms with Crippen LogP contribution in [-0.4, -0.2) is 30.8 Å². The van der Waals surface area contributed by atoms with Crippen molar-refractivity contribution in [3.63, 3.8) is 0 Å². The normalized spacial score (nSPS) is 14.2. The molecule has 8 heteroatoms. The van der Waals surface area contributed by atoms with Gasteiger partial charge in [-0.15, -0.1) is 4.72 Å². The van der Waals surface area contributed by atoms with Crippen LogP contribution >= 0.6 is 0 Å². The molecule has 0 aliphatic heterocycles. The minimum absolute atomic E-state index is 0.136. The van der Waals surface area contributed by atoms with Crippen molar-refractivity contribution in [1.82, 2.24) is 14.5 Å². The number of amides is 1. The van der Waals surface area contributed by atoms with Crippen LogP contribution in [0.2, 0.25) is 0 Å². The van der Waals surface area contributed by atoms with E-state index in [1.807, 2.05) is 97.0 Å². The number of ether oxygens (including phenoxy) is 1. The van der Waals surface area contributed by atoms with Crippen LogP contribution in [0, 0.1) is 0 Å². The van der Waals surface area contributed by atoms with Gasteiger partial charge in [-0.05, 0) is 78.3 Å². The molecule has 0 bridgehead atoms. The summed E-state index contributed by atoms with van der Waals surface area (Å²) in [6.07, 6.45) is -0.545. The first-order valence-electron chi connectivity index (χ1n) is 10.6. The van der Waals surface area contributed by atoms with Crippen molar-refractivity contribution in [3.05, 3.63) is 54.1 Å². The molecule has 32 heavy (non-hydrogen) atoms. The Hall–Kier alpha value is -2.55. The van der Waals surface area contributed by atoms with Gasteiger partial charge in [-0.2, -0.15) is 5.10 Å². The van der Waals surface area contributed by atoms with Gasteiger partial charge in [-0.3, -0.25) is 5.32 Å². The van der Waals surface area contributed by atoms with Crippen LogP contribution in [0.5, 0.6) is 0 Å². The summed E-state index contributed by atoms with van der Waals surface area (Å²) in [7, 11) is 0. The molecule has 2 N–H and O–H groups in total. The first-order valence-corrected chi connectivity index (χ1v) is 11.8. The number of carbonyl (C=O) groups is 1. The lowest BCUT2D eigenvalue weighted by Gasteiger charge is -2.26. The summed E-state index contributed by atoms with van der Waals surface area (Å²) in [4.78, 5) is 12.5. The van der Waals surface area contributed by atoms with E-state index in [1.165, 1.54) is 0 Å². The predicted octanol–water partition coefficient (Wildman–Crippen LogP) is 5.49. The number of rotatable bonds is 5. The molecular formula is C24H32N4O3S. The third-order valence-electron chi connectivity index (χ3n) is 4.66.